The minimum absolute atomic E-state index is 0.0147. The van der Waals surface area contributed by atoms with Crippen molar-refractivity contribution in [2.45, 2.75) is 13.8 Å². The van der Waals surface area contributed by atoms with E-state index in [1.807, 2.05) is 0 Å². The van der Waals surface area contributed by atoms with Crippen LogP contribution in [0.2, 0.25) is 10.0 Å². The molecule has 0 saturated heterocycles. The first-order valence-corrected chi connectivity index (χ1v) is 7.87. The Labute approximate surface area is 152 Å². The molecule has 8 nitrogen and oxygen atoms in total. The molecule has 25 heavy (non-hydrogen) atoms. The lowest BCUT2D eigenvalue weighted by atomic mass is 10.3. The van der Waals surface area contributed by atoms with Crippen molar-refractivity contribution in [2.75, 3.05) is 5.32 Å². The minimum Gasteiger partial charge on any atom is -0.334 e. The number of aryl methyl sites for hydroxylation is 2. The molecule has 3 aromatic rings. The van der Waals surface area contributed by atoms with E-state index in [1.54, 1.807) is 38.1 Å². The van der Waals surface area contributed by atoms with Crippen LogP contribution in [-0.4, -0.2) is 24.7 Å². The summed E-state index contributed by atoms with van der Waals surface area (Å²) in [6.07, 6.45) is 1.23. The molecule has 128 valence electrons. The van der Waals surface area contributed by atoms with Gasteiger partial charge in [0.25, 0.3) is 0 Å². The van der Waals surface area contributed by atoms with Crippen LogP contribution in [0.15, 0.2) is 30.6 Å². The summed E-state index contributed by atoms with van der Waals surface area (Å²) in [6.45, 7) is 3.58. The molecule has 0 saturated carbocycles. The molecule has 0 atom stereocenters. The Morgan fingerprint density at radius 2 is 1.80 bits per heavy atom. The zero-order valence-corrected chi connectivity index (χ0v) is 14.7. The van der Waals surface area contributed by atoms with E-state index in [0.29, 0.717) is 15.7 Å². The van der Waals surface area contributed by atoms with Crippen molar-refractivity contribution in [3.05, 3.63) is 62.1 Å². The van der Waals surface area contributed by atoms with Crippen molar-refractivity contribution in [1.82, 2.24) is 19.7 Å². The highest BCUT2D eigenvalue weighted by molar-refractivity contribution is 6.35. The van der Waals surface area contributed by atoms with Gasteiger partial charge in [-0.15, -0.1) is 0 Å². The predicted octanol–water partition coefficient (Wildman–Crippen LogP) is 4.24. The molecular weight excluding hydrogens is 367 g/mol. The third kappa shape index (κ3) is 3.54. The number of halogens is 2. The molecule has 0 aliphatic carbocycles. The molecule has 1 aromatic carbocycles. The van der Waals surface area contributed by atoms with Gasteiger partial charge in [0.2, 0.25) is 11.6 Å². The number of aromatic nitrogens is 4. The molecule has 0 radical (unpaired) electrons. The van der Waals surface area contributed by atoms with Crippen LogP contribution in [0.4, 0.5) is 17.2 Å². The lowest BCUT2D eigenvalue weighted by Crippen LogP contribution is -2.09. The van der Waals surface area contributed by atoms with Crippen molar-refractivity contribution >= 4 is 40.4 Å². The second-order valence-electron chi connectivity index (χ2n) is 5.27. The molecule has 0 aliphatic heterocycles. The highest BCUT2D eigenvalue weighted by atomic mass is 35.5. The Bertz CT molecular complexity index is 952. The van der Waals surface area contributed by atoms with Crippen LogP contribution in [0, 0.1) is 24.0 Å². The van der Waals surface area contributed by atoms with Crippen LogP contribution in [0.1, 0.15) is 11.4 Å². The largest absolute Gasteiger partial charge is 0.355 e. The minimum atomic E-state index is -0.555. The van der Waals surface area contributed by atoms with E-state index in [1.165, 1.54) is 11.0 Å². The number of anilines is 2. The Hall–Kier alpha value is -2.71. The number of benzene rings is 1. The predicted molar refractivity (Wildman–Crippen MR) is 95.0 cm³/mol. The number of nitrogens with zero attached hydrogens (tertiary/aromatic N) is 5. The number of nitrogens with one attached hydrogen (secondary N) is 1. The summed E-state index contributed by atoms with van der Waals surface area (Å²) in [5.41, 5.74) is 1.61. The van der Waals surface area contributed by atoms with Gasteiger partial charge >= 0.3 is 5.69 Å². The monoisotopic (exact) mass is 378 g/mol. The maximum atomic E-state index is 11.7. The third-order valence-electron chi connectivity index (χ3n) is 3.32. The van der Waals surface area contributed by atoms with E-state index in [2.05, 4.69) is 20.4 Å². The Morgan fingerprint density at radius 1 is 1.12 bits per heavy atom. The van der Waals surface area contributed by atoms with Crippen LogP contribution in [0.5, 0.6) is 0 Å². The summed E-state index contributed by atoms with van der Waals surface area (Å²) >= 11 is 11.9. The normalized spacial score (nSPS) is 10.7. The average molecular weight is 379 g/mol. The maximum absolute atomic E-state index is 11.7. The van der Waals surface area contributed by atoms with Crippen LogP contribution < -0.4 is 5.32 Å². The van der Waals surface area contributed by atoms with Gasteiger partial charge < -0.3 is 5.32 Å². The standard InChI is InChI=1S/C15H12Cl2N6O2/c1-8-3-9(2)22(21-8)15-13(23(24)25)14(18-7-19-15)20-12-5-10(16)4-11(17)6-12/h3-7H,1-2H3,(H,18,19,20). The smallest absolute Gasteiger partial charge is 0.334 e. The van der Waals surface area contributed by atoms with E-state index in [4.69, 9.17) is 23.2 Å². The fourth-order valence-electron chi connectivity index (χ4n) is 2.39. The molecule has 1 N–H and O–H groups in total. The highest BCUT2D eigenvalue weighted by Gasteiger charge is 2.26. The van der Waals surface area contributed by atoms with Gasteiger partial charge in [0.05, 0.1) is 10.6 Å². The van der Waals surface area contributed by atoms with Gasteiger partial charge in [-0.3, -0.25) is 10.1 Å². The average Bonchev–Trinajstić information content (AvgIpc) is 2.84. The van der Waals surface area contributed by atoms with Gasteiger partial charge in [-0.05, 0) is 38.1 Å². The van der Waals surface area contributed by atoms with Crippen molar-refractivity contribution in [1.29, 1.82) is 0 Å². The van der Waals surface area contributed by atoms with Gasteiger partial charge in [0, 0.05) is 21.4 Å². The molecule has 2 aromatic heterocycles. The van der Waals surface area contributed by atoms with Gasteiger partial charge in [-0.1, -0.05) is 23.2 Å². The first-order chi connectivity index (χ1) is 11.8. The van der Waals surface area contributed by atoms with E-state index in [9.17, 15) is 10.1 Å². The molecule has 2 heterocycles. The van der Waals surface area contributed by atoms with Crippen molar-refractivity contribution in [3.63, 3.8) is 0 Å². The molecular formula is C15H12Cl2N6O2. The molecule has 0 fully saturated rings. The summed E-state index contributed by atoms with van der Waals surface area (Å²) in [4.78, 5) is 19.1. The first kappa shape index (κ1) is 17.1. The van der Waals surface area contributed by atoms with E-state index in [0.717, 1.165) is 11.4 Å². The lowest BCUT2D eigenvalue weighted by molar-refractivity contribution is -0.384. The topological polar surface area (TPSA) is 98.8 Å². The quantitative estimate of drug-likeness (QED) is 0.538. The highest BCUT2D eigenvalue weighted by Crippen LogP contribution is 2.32. The Balaban J connectivity index is 2.13. The van der Waals surface area contributed by atoms with Gasteiger partial charge in [-0.2, -0.15) is 5.10 Å². The molecule has 0 amide bonds. The van der Waals surface area contributed by atoms with Crippen LogP contribution >= 0.6 is 23.2 Å². The van der Waals surface area contributed by atoms with E-state index < -0.39 is 4.92 Å². The molecule has 0 aliphatic rings. The molecule has 0 spiro atoms. The summed E-state index contributed by atoms with van der Waals surface area (Å²) in [5.74, 6) is 0.0853. The summed E-state index contributed by atoms with van der Waals surface area (Å²) in [7, 11) is 0. The van der Waals surface area contributed by atoms with E-state index in [-0.39, 0.29) is 17.3 Å². The molecule has 0 bridgehead atoms. The lowest BCUT2D eigenvalue weighted by Gasteiger charge is -2.10. The Kier molecular flexibility index (Phi) is 4.56. The van der Waals surface area contributed by atoms with Crippen molar-refractivity contribution < 1.29 is 4.92 Å². The van der Waals surface area contributed by atoms with Crippen molar-refractivity contribution in [2.24, 2.45) is 0 Å². The van der Waals surface area contributed by atoms with Gasteiger partial charge in [0.1, 0.15) is 6.33 Å². The van der Waals surface area contributed by atoms with Crippen LogP contribution in [0.3, 0.4) is 0 Å². The summed E-state index contributed by atoms with van der Waals surface area (Å²) in [6, 6.07) is 6.53. The summed E-state index contributed by atoms with van der Waals surface area (Å²) < 4.78 is 1.41. The number of nitro groups is 1. The number of rotatable bonds is 4. The fraction of sp³-hybridized carbons (Fsp3) is 0.133. The maximum Gasteiger partial charge on any atom is 0.355 e. The third-order valence-corrected chi connectivity index (χ3v) is 3.76. The second kappa shape index (κ2) is 6.66. The molecule has 3 rings (SSSR count). The van der Waals surface area contributed by atoms with Gasteiger partial charge in [0.15, 0.2) is 0 Å². The molecule has 0 unspecified atom stereocenters. The summed E-state index contributed by atoms with van der Waals surface area (Å²) in [5, 5.41) is 19.6. The Morgan fingerprint density at radius 3 is 2.36 bits per heavy atom. The molecule has 10 heteroatoms. The fourth-order valence-corrected chi connectivity index (χ4v) is 2.92. The first-order valence-electron chi connectivity index (χ1n) is 7.11. The zero-order valence-electron chi connectivity index (χ0n) is 13.2. The van der Waals surface area contributed by atoms with Crippen molar-refractivity contribution in [3.8, 4) is 5.82 Å². The van der Waals surface area contributed by atoms with Gasteiger partial charge in [-0.25, -0.2) is 14.6 Å². The van der Waals surface area contributed by atoms with Crippen LogP contribution in [-0.2, 0) is 0 Å². The SMILES string of the molecule is Cc1cc(C)n(-c2ncnc(Nc3cc(Cl)cc(Cl)c3)c2[N+](=O)[O-])n1. The van der Waals surface area contributed by atoms with E-state index >= 15 is 0 Å². The van der Waals surface area contributed by atoms with Crippen LogP contribution in [0.25, 0.3) is 5.82 Å². The second-order valence-corrected chi connectivity index (χ2v) is 6.15. The number of hydrogen-bond donors (Lipinski definition) is 1. The number of hydrogen-bond acceptors (Lipinski definition) is 6. The zero-order chi connectivity index (χ0) is 18.1.